The molecule has 2 heterocycles. The molecule has 2 fully saturated rings. The van der Waals surface area contributed by atoms with E-state index in [4.69, 9.17) is 4.74 Å². The van der Waals surface area contributed by atoms with Crippen molar-refractivity contribution in [1.29, 1.82) is 0 Å². The van der Waals surface area contributed by atoms with Gasteiger partial charge in [-0.05, 0) is 97.5 Å². The summed E-state index contributed by atoms with van der Waals surface area (Å²) in [5.41, 5.74) is -0.879. The molecule has 0 bridgehead atoms. The number of carbonyl (C=O) groups excluding carboxylic acids is 1. The number of nitrogens with zero attached hydrogens (tertiary/aromatic N) is 3. The highest BCUT2D eigenvalue weighted by Gasteiger charge is 2.51. The van der Waals surface area contributed by atoms with Crippen LogP contribution < -0.4 is 11.4 Å². The maximum atomic E-state index is 15.3. The summed E-state index contributed by atoms with van der Waals surface area (Å²) in [5, 5.41) is 0. The maximum Gasteiger partial charge on any atom is 0.352 e. The van der Waals surface area contributed by atoms with E-state index < -0.39 is 58.3 Å². The smallest absolute Gasteiger partial charge is 0.352 e. The van der Waals surface area contributed by atoms with Crippen LogP contribution in [0.15, 0.2) is 32.4 Å². The van der Waals surface area contributed by atoms with E-state index in [2.05, 4.69) is 41.5 Å². The van der Waals surface area contributed by atoms with Gasteiger partial charge in [-0.15, -0.1) is 0 Å². The molecule has 0 saturated heterocycles. The molecule has 7 nitrogen and oxygen atoms in total. The van der Waals surface area contributed by atoms with Crippen LogP contribution in [-0.2, 0) is 16.1 Å². The van der Waals surface area contributed by atoms with Crippen molar-refractivity contribution in [1.82, 2.24) is 13.9 Å². The minimum atomic E-state index is -2.37. The second-order valence-corrected chi connectivity index (χ2v) is 22.1. The highest BCUT2D eigenvalue weighted by atomic mass is 19.2. The molecule has 0 amide bonds. The van der Waals surface area contributed by atoms with Crippen molar-refractivity contribution in [2.45, 2.75) is 234 Å². The summed E-state index contributed by atoms with van der Waals surface area (Å²) < 4.78 is 82.4. The van der Waals surface area contributed by atoms with Gasteiger partial charge in [0.15, 0.2) is 23.3 Å². The zero-order valence-electron chi connectivity index (χ0n) is 41.1. The Morgan fingerprint density at radius 3 is 1.94 bits per heavy atom. The molecule has 1 aliphatic heterocycles. The van der Waals surface area contributed by atoms with Gasteiger partial charge in [0.25, 0.3) is 0 Å². The Balaban J connectivity index is 1.16. The van der Waals surface area contributed by atoms with E-state index in [0.717, 1.165) is 103 Å². The molecule has 0 spiro atoms. The third-order valence-electron chi connectivity index (χ3n) is 16.1. The van der Waals surface area contributed by atoms with Gasteiger partial charge in [0, 0.05) is 12.8 Å². The van der Waals surface area contributed by atoms with Gasteiger partial charge in [0.1, 0.15) is 11.8 Å². The van der Waals surface area contributed by atoms with E-state index in [9.17, 15) is 27.6 Å². The van der Waals surface area contributed by atoms with Gasteiger partial charge in [-0.25, -0.2) is 45.5 Å². The van der Waals surface area contributed by atoms with Gasteiger partial charge in [0.2, 0.25) is 5.82 Å². The Bertz CT molecular complexity index is 2130. The largest absolute Gasteiger partial charge is 0.462 e. The number of hydrogen-bond acceptors (Lipinski definition) is 4. The average molecular weight is 930 g/mol. The first kappa shape index (κ1) is 51.9. The van der Waals surface area contributed by atoms with Crippen LogP contribution in [0.1, 0.15) is 221 Å². The van der Waals surface area contributed by atoms with Gasteiger partial charge >= 0.3 is 17.3 Å². The second-order valence-electron chi connectivity index (χ2n) is 22.1. The molecule has 1 aromatic heterocycles. The molecule has 6 atom stereocenters. The van der Waals surface area contributed by atoms with Crippen LogP contribution >= 0.6 is 0 Å². The summed E-state index contributed by atoms with van der Waals surface area (Å²) in [6.07, 6.45) is 29.9. The summed E-state index contributed by atoms with van der Waals surface area (Å²) in [6, 6.07) is -0.880. The van der Waals surface area contributed by atoms with Crippen LogP contribution in [0.25, 0.3) is 5.69 Å². The molecular formula is C54H80F5N3O4. The lowest BCUT2D eigenvalue weighted by molar-refractivity contribution is -0.149. The first-order valence-corrected chi connectivity index (χ1v) is 26.1. The number of unbranched alkanes of at least 4 members (excludes halogenated alkanes) is 14. The van der Waals surface area contributed by atoms with E-state index in [0.29, 0.717) is 37.5 Å². The summed E-state index contributed by atoms with van der Waals surface area (Å²) in [5.74, 6) is -10.4. The van der Waals surface area contributed by atoms with Crippen LogP contribution in [0.4, 0.5) is 22.0 Å². The van der Waals surface area contributed by atoms with Crippen molar-refractivity contribution in [3.05, 3.63) is 72.8 Å². The first-order chi connectivity index (χ1) is 31.5. The van der Waals surface area contributed by atoms with E-state index in [-0.39, 0.29) is 33.8 Å². The molecular weight excluding hydrogens is 850 g/mol. The lowest BCUT2D eigenvalue weighted by Crippen LogP contribution is -2.40. The Hall–Kier alpha value is -3.44. The summed E-state index contributed by atoms with van der Waals surface area (Å²) >= 11 is 0. The fraction of sp³-hybridized carbons (Fsp3) is 0.759. The number of fused-ring (bicyclic) bond motifs is 2. The SMILES string of the molecule is CCCCCCCCCCCCCCCCCC(=O)OC1CCC2=C(C1)C(/C=C1\CCC[C@@]3(C)C1CC[C@@H]3[C@H](C)CCCC(C)(C)C)n1c(=O)n(-c3c(F)c(F)c(F)c(F)c3F)c(=O)n1C2. The fourth-order valence-electron chi connectivity index (χ4n) is 12.4. The summed E-state index contributed by atoms with van der Waals surface area (Å²) in [7, 11) is 0. The minimum Gasteiger partial charge on any atom is -0.462 e. The lowest BCUT2D eigenvalue weighted by Gasteiger charge is -2.45. The van der Waals surface area contributed by atoms with Gasteiger partial charge in [-0.3, -0.25) is 4.79 Å². The Morgan fingerprint density at radius 1 is 0.773 bits per heavy atom. The number of aromatic nitrogens is 3. The Labute approximate surface area is 391 Å². The topological polar surface area (TPSA) is 75.2 Å². The van der Waals surface area contributed by atoms with Crippen molar-refractivity contribution in [3.63, 3.8) is 0 Å². The molecule has 0 N–H and O–H groups in total. The molecule has 6 rings (SSSR count). The lowest BCUT2D eigenvalue weighted by atomic mass is 9.60. The van der Waals surface area contributed by atoms with Gasteiger partial charge in [-0.2, -0.15) is 0 Å². The van der Waals surface area contributed by atoms with Crippen molar-refractivity contribution in [2.24, 2.45) is 28.6 Å². The van der Waals surface area contributed by atoms with Gasteiger partial charge < -0.3 is 4.74 Å². The predicted octanol–water partition coefficient (Wildman–Crippen LogP) is 14.7. The molecule has 0 radical (unpaired) electrons. The number of allylic oxidation sites excluding steroid dienone is 3. The first-order valence-electron chi connectivity index (χ1n) is 26.1. The van der Waals surface area contributed by atoms with Crippen molar-refractivity contribution >= 4 is 5.97 Å². The molecule has 12 heteroatoms. The fourth-order valence-corrected chi connectivity index (χ4v) is 12.4. The van der Waals surface area contributed by atoms with Crippen LogP contribution in [-0.4, -0.2) is 26.0 Å². The number of rotatable bonds is 23. The monoisotopic (exact) mass is 930 g/mol. The number of ether oxygens (including phenoxy) is 1. The molecule has 3 aliphatic carbocycles. The average Bonchev–Trinajstić information content (AvgIpc) is 3.76. The van der Waals surface area contributed by atoms with E-state index >= 15 is 8.78 Å². The third-order valence-corrected chi connectivity index (χ3v) is 16.1. The molecule has 4 aliphatic rings. The number of halogens is 5. The van der Waals surface area contributed by atoms with Crippen LogP contribution in [0.2, 0.25) is 0 Å². The van der Waals surface area contributed by atoms with Crippen LogP contribution in [0.5, 0.6) is 0 Å². The molecule has 66 heavy (non-hydrogen) atoms. The maximum absolute atomic E-state index is 15.3. The normalized spacial score (nSPS) is 24.1. The number of esters is 1. The minimum absolute atomic E-state index is 0.0146. The van der Waals surface area contributed by atoms with Crippen molar-refractivity contribution in [3.8, 4) is 5.69 Å². The molecule has 3 unspecified atom stereocenters. The van der Waals surface area contributed by atoms with E-state index in [1.165, 1.54) is 70.6 Å². The standard InChI is InChI=1S/C54H80F5N3O4/c1-7-8-9-10-11-12-13-14-15-16-17-18-19-20-21-26-44(63)66-39-28-27-38-35-60-51(64)61(50-48(58)46(56)45(55)47(57)49(50)59)52(65)62(60)43(40(38)34-39)33-37-25-23-32-54(6)41(29-30-42(37)54)36(2)24-22-31-53(3,4)5/h33,36,39,41-43H,7-32,34-35H2,1-6H3/b37-33+/t36-,39?,41-,42?,43?,54-/m1/s1. The number of carbonyl (C=O) groups is 1. The molecule has 370 valence electrons. The second kappa shape index (κ2) is 23.2. The number of hydrogen-bond donors (Lipinski definition) is 0. The van der Waals surface area contributed by atoms with E-state index in [1.807, 2.05) is 6.08 Å². The summed E-state index contributed by atoms with van der Waals surface area (Å²) in [6.45, 7) is 13.7. The van der Waals surface area contributed by atoms with Gasteiger partial charge in [0.05, 0.1) is 12.6 Å². The highest BCUT2D eigenvalue weighted by Crippen LogP contribution is 2.60. The summed E-state index contributed by atoms with van der Waals surface area (Å²) in [4.78, 5) is 41.8. The van der Waals surface area contributed by atoms with Crippen LogP contribution in [0, 0.1) is 57.7 Å². The predicted molar refractivity (Wildman–Crippen MR) is 252 cm³/mol. The Kier molecular flexibility index (Phi) is 18.3. The zero-order chi connectivity index (χ0) is 47.8. The molecule has 2 aromatic rings. The third kappa shape index (κ3) is 12.0. The number of benzene rings is 1. The van der Waals surface area contributed by atoms with E-state index in [1.54, 1.807) is 0 Å². The zero-order valence-corrected chi connectivity index (χ0v) is 41.1. The van der Waals surface area contributed by atoms with Crippen molar-refractivity contribution < 1.29 is 31.5 Å². The molecule has 2 saturated carbocycles. The van der Waals surface area contributed by atoms with Crippen LogP contribution in [0.3, 0.4) is 0 Å². The molecule has 1 aromatic carbocycles. The van der Waals surface area contributed by atoms with Crippen molar-refractivity contribution in [2.75, 3.05) is 0 Å². The quantitative estimate of drug-likeness (QED) is 0.0278. The highest BCUT2D eigenvalue weighted by molar-refractivity contribution is 5.69. The van der Waals surface area contributed by atoms with Gasteiger partial charge in [-0.1, -0.05) is 156 Å². The Morgan fingerprint density at radius 2 is 1.35 bits per heavy atom.